The van der Waals surface area contributed by atoms with E-state index in [0.29, 0.717) is 19.5 Å². The van der Waals surface area contributed by atoms with E-state index in [9.17, 15) is 9.59 Å². The summed E-state index contributed by atoms with van der Waals surface area (Å²) in [6, 6.07) is 12.8. The molecule has 1 fully saturated rings. The molecule has 2 aromatic rings. The number of carbonyl (C=O) groups is 2. The van der Waals surface area contributed by atoms with Gasteiger partial charge in [-0.15, -0.1) is 0 Å². The summed E-state index contributed by atoms with van der Waals surface area (Å²) in [6.45, 7) is 2.96. The molecule has 0 bridgehead atoms. The molecule has 0 saturated carbocycles. The number of pyridine rings is 1. The second-order valence-corrected chi connectivity index (χ2v) is 6.51. The van der Waals surface area contributed by atoms with E-state index in [0.717, 1.165) is 17.5 Å². The number of nitrogens with one attached hydrogen (secondary N) is 2. The molecule has 0 aliphatic carbocycles. The number of rotatable bonds is 5. The second kappa shape index (κ2) is 8.47. The summed E-state index contributed by atoms with van der Waals surface area (Å²) in [4.78, 5) is 30.9. The highest BCUT2D eigenvalue weighted by molar-refractivity contribution is 5.87. The van der Waals surface area contributed by atoms with E-state index in [2.05, 4.69) is 15.6 Å². The summed E-state index contributed by atoms with van der Waals surface area (Å²) in [6.07, 6.45) is 4.94. The molecule has 3 rings (SSSR count). The van der Waals surface area contributed by atoms with Gasteiger partial charge in [0.2, 0.25) is 5.91 Å². The van der Waals surface area contributed by atoms with Crippen LogP contribution in [0.1, 0.15) is 36.9 Å². The molecule has 6 nitrogen and oxygen atoms in total. The van der Waals surface area contributed by atoms with Gasteiger partial charge in [-0.3, -0.25) is 9.78 Å². The highest BCUT2D eigenvalue weighted by atomic mass is 16.2. The minimum Gasteiger partial charge on any atom is -0.350 e. The average molecular weight is 352 g/mol. The number of urea groups is 1. The number of hydrogen-bond donors (Lipinski definition) is 2. The van der Waals surface area contributed by atoms with Gasteiger partial charge in [0.25, 0.3) is 0 Å². The Balaban J connectivity index is 1.56. The Kier molecular flexibility index (Phi) is 5.84. The number of hydrogen-bond acceptors (Lipinski definition) is 3. The van der Waals surface area contributed by atoms with Crippen LogP contribution >= 0.6 is 0 Å². The van der Waals surface area contributed by atoms with E-state index in [1.807, 2.05) is 49.4 Å². The number of benzene rings is 1. The Labute approximate surface area is 153 Å². The van der Waals surface area contributed by atoms with Crippen LogP contribution in [0, 0.1) is 0 Å². The van der Waals surface area contributed by atoms with Gasteiger partial charge in [-0.2, -0.15) is 0 Å². The molecule has 1 aromatic heterocycles. The van der Waals surface area contributed by atoms with Gasteiger partial charge in [-0.05, 0) is 37.0 Å². The number of amides is 3. The predicted molar refractivity (Wildman–Crippen MR) is 99.2 cm³/mol. The molecule has 0 spiro atoms. The maximum Gasteiger partial charge on any atom is 0.318 e. The van der Waals surface area contributed by atoms with Crippen molar-refractivity contribution in [3.8, 4) is 0 Å². The molecule has 1 aliphatic heterocycles. The summed E-state index contributed by atoms with van der Waals surface area (Å²) in [7, 11) is 0. The van der Waals surface area contributed by atoms with Gasteiger partial charge >= 0.3 is 6.03 Å². The maximum atomic E-state index is 12.6. The van der Waals surface area contributed by atoms with Gasteiger partial charge in [-0.25, -0.2) is 4.79 Å². The second-order valence-electron chi connectivity index (χ2n) is 6.51. The van der Waals surface area contributed by atoms with E-state index in [1.165, 1.54) is 0 Å². The van der Waals surface area contributed by atoms with Crippen LogP contribution in [0.5, 0.6) is 0 Å². The van der Waals surface area contributed by atoms with Crippen molar-refractivity contribution >= 4 is 11.9 Å². The first-order chi connectivity index (χ1) is 12.6. The van der Waals surface area contributed by atoms with Crippen LogP contribution in [0.15, 0.2) is 54.9 Å². The lowest BCUT2D eigenvalue weighted by Crippen LogP contribution is -2.49. The fraction of sp³-hybridized carbons (Fsp3) is 0.350. The van der Waals surface area contributed by atoms with E-state index in [-0.39, 0.29) is 18.0 Å². The van der Waals surface area contributed by atoms with Gasteiger partial charge < -0.3 is 15.5 Å². The number of carbonyl (C=O) groups excluding carboxylic acids is 2. The van der Waals surface area contributed by atoms with Crippen molar-refractivity contribution in [2.75, 3.05) is 6.54 Å². The molecule has 3 amide bonds. The monoisotopic (exact) mass is 352 g/mol. The molecule has 1 aromatic carbocycles. The Morgan fingerprint density at radius 3 is 2.77 bits per heavy atom. The molecule has 136 valence electrons. The lowest BCUT2D eigenvalue weighted by molar-refractivity contribution is -0.124. The Morgan fingerprint density at radius 2 is 2.04 bits per heavy atom. The average Bonchev–Trinajstić information content (AvgIpc) is 3.17. The summed E-state index contributed by atoms with van der Waals surface area (Å²) < 4.78 is 0. The Hall–Kier alpha value is -2.89. The van der Waals surface area contributed by atoms with Gasteiger partial charge in [0.05, 0.1) is 6.04 Å². The summed E-state index contributed by atoms with van der Waals surface area (Å²) in [5.41, 5.74) is 1.98. The van der Waals surface area contributed by atoms with Crippen molar-refractivity contribution in [3.63, 3.8) is 0 Å². The summed E-state index contributed by atoms with van der Waals surface area (Å²) in [5.74, 6) is -0.117. The molecule has 0 radical (unpaired) electrons. The third-order valence-corrected chi connectivity index (χ3v) is 4.65. The molecule has 2 atom stereocenters. The van der Waals surface area contributed by atoms with Gasteiger partial charge in [0.1, 0.15) is 6.04 Å². The zero-order valence-corrected chi connectivity index (χ0v) is 14.9. The fourth-order valence-corrected chi connectivity index (χ4v) is 3.19. The van der Waals surface area contributed by atoms with E-state index >= 15 is 0 Å². The standard InChI is InChI=1S/C20H24N4O2/c1-15(17-8-3-2-4-9-17)23-20(26)24-12-6-10-18(24)19(25)22-14-16-7-5-11-21-13-16/h2-5,7-9,11,13,15,18H,6,10,12,14H2,1H3,(H,22,25)(H,23,26)/t15-,18+/m1/s1. The molecule has 1 saturated heterocycles. The van der Waals surface area contributed by atoms with Gasteiger partial charge in [0, 0.05) is 25.5 Å². The van der Waals surface area contributed by atoms with E-state index in [4.69, 9.17) is 0 Å². The van der Waals surface area contributed by atoms with Crippen LogP contribution in [0.2, 0.25) is 0 Å². The van der Waals surface area contributed by atoms with Crippen molar-refractivity contribution in [2.45, 2.75) is 38.4 Å². The van der Waals surface area contributed by atoms with Crippen molar-refractivity contribution in [1.82, 2.24) is 20.5 Å². The lowest BCUT2D eigenvalue weighted by Gasteiger charge is -2.26. The SMILES string of the molecule is C[C@@H](NC(=O)N1CCC[C@H]1C(=O)NCc1cccnc1)c1ccccc1. The summed E-state index contributed by atoms with van der Waals surface area (Å²) in [5, 5.41) is 5.90. The molecule has 6 heteroatoms. The zero-order valence-electron chi connectivity index (χ0n) is 14.9. The maximum absolute atomic E-state index is 12.6. The highest BCUT2D eigenvalue weighted by Crippen LogP contribution is 2.19. The first-order valence-corrected chi connectivity index (χ1v) is 8.94. The topological polar surface area (TPSA) is 74.3 Å². The number of aromatic nitrogens is 1. The molecule has 2 N–H and O–H groups in total. The van der Waals surface area contributed by atoms with Crippen LogP contribution < -0.4 is 10.6 Å². The van der Waals surface area contributed by atoms with Crippen molar-refractivity contribution in [2.24, 2.45) is 0 Å². The first kappa shape index (κ1) is 17.9. The highest BCUT2D eigenvalue weighted by Gasteiger charge is 2.34. The minimum absolute atomic E-state index is 0.108. The molecular formula is C20H24N4O2. The quantitative estimate of drug-likeness (QED) is 0.869. The Bertz CT molecular complexity index is 736. The fourth-order valence-electron chi connectivity index (χ4n) is 3.19. The molecular weight excluding hydrogens is 328 g/mol. The zero-order chi connectivity index (χ0) is 18.4. The smallest absolute Gasteiger partial charge is 0.318 e. The normalized spacial score (nSPS) is 17.6. The minimum atomic E-state index is -0.422. The molecule has 2 heterocycles. The predicted octanol–water partition coefficient (Wildman–Crippen LogP) is 2.63. The number of nitrogens with zero attached hydrogens (tertiary/aromatic N) is 2. The van der Waals surface area contributed by atoms with Gasteiger partial charge in [0.15, 0.2) is 0 Å². The van der Waals surface area contributed by atoms with Crippen LogP contribution in [-0.2, 0) is 11.3 Å². The molecule has 0 unspecified atom stereocenters. The van der Waals surface area contributed by atoms with Crippen LogP contribution in [0.4, 0.5) is 4.79 Å². The van der Waals surface area contributed by atoms with Crippen molar-refractivity contribution < 1.29 is 9.59 Å². The lowest BCUT2D eigenvalue weighted by atomic mass is 10.1. The van der Waals surface area contributed by atoms with Gasteiger partial charge in [-0.1, -0.05) is 36.4 Å². The van der Waals surface area contributed by atoms with Crippen molar-refractivity contribution in [3.05, 3.63) is 66.0 Å². The summed E-state index contributed by atoms with van der Waals surface area (Å²) >= 11 is 0. The number of likely N-dealkylation sites (tertiary alicyclic amines) is 1. The third kappa shape index (κ3) is 4.39. The Morgan fingerprint density at radius 1 is 1.23 bits per heavy atom. The third-order valence-electron chi connectivity index (χ3n) is 4.65. The molecule has 26 heavy (non-hydrogen) atoms. The molecule has 1 aliphatic rings. The van der Waals surface area contributed by atoms with Crippen LogP contribution in [0.3, 0.4) is 0 Å². The van der Waals surface area contributed by atoms with E-state index in [1.54, 1.807) is 17.3 Å². The van der Waals surface area contributed by atoms with E-state index < -0.39 is 6.04 Å². The first-order valence-electron chi connectivity index (χ1n) is 8.94. The van der Waals surface area contributed by atoms with Crippen LogP contribution in [0.25, 0.3) is 0 Å². The van der Waals surface area contributed by atoms with Crippen molar-refractivity contribution in [1.29, 1.82) is 0 Å². The largest absolute Gasteiger partial charge is 0.350 e. The van der Waals surface area contributed by atoms with Crippen LogP contribution in [-0.4, -0.2) is 34.4 Å².